The van der Waals surface area contributed by atoms with E-state index in [0.717, 1.165) is 18.7 Å². The standard InChI is InChI=1S/C14H21FN2O3/c1-4-12(16-8-9(2)3)14(18)10-5-6-11(15)13(7-10)17(19)20/h5-7,9,12,14,16,18H,4,8H2,1-3H3. The maximum atomic E-state index is 13.3. The highest BCUT2D eigenvalue weighted by Crippen LogP contribution is 2.25. The van der Waals surface area contributed by atoms with Crippen LogP contribution in [0.4, 0.5) is 10.1 Å². The van der Waals surface area contributed by atoms with Crippen molar-refractivity contribution in [3.63, 3.8) is 0 Å². The Morgan fingerprint density at radius 2 is 2.10 bits per heavy atom. The monoisotopic (exact) mass is 284 g/mol. The number of nitro groups is 1. The smallest absolute Gasteiger partial charge is 0.305 e. The Bertz CT molecular complexity index is 466. The van der Waals surface area contributed by atoms with Crippen LogP contribution in [0.15, 0.2) is 18.2 Å². The Hall–Kier alpha value is -1.53. The maximum absolute atomic E-state index is 13.3. The highest BCUT2D eigenvalue weighted by atomic mass is 19.1. The van der Waals surface area contributed by atoms with Crippen LogP contribution >= 0.6 is 0 Å². The first-order chi connectivity index (χ1) is 9.36. The second kappa shape index (κ2) is 7.31. The minimum absolute atomic E-state index is 0.220. The van der Waals surface area contributed by atoms with Crippen LogP contribution < -0.4 is 5.32 Å². The number of aliphatic hydroxyl groups is 1. The Morgan fingerprint density at radius 3 is 2.60 bits per heavy atom. The normalized spacial score (nSPS) is 14.3. The average Bonchev–Trinajstić information content (AvgIpc) is 2.39. The zero-order chi connectivity index (χ0) is 15.3. The van der Waals surface area contributed by atoms with E-state index < -0.39 is 22.5 Å². The molecule has 0 saturated carbocycles. The molecule has 0 aliphatic carbocycles. The van der Waals surface area contributed by atoms with Crippen LogP contribution in [0, 0.1) is 21.8 Å². The Morgan fingerprint density at radius 1 is 1.45 bits per heavy atom. The van der Waals surface area contributed by atoms with Gasteiger partial charge in [0, 0.05) is 12.1 Å². The van der Waals surface area contributed by atoms with E-state index in [9.17, 15) is 19.6 Å². The highest BCUT2D eigenvalue weighted by molar-refractivity contribution is 5.37. The van der Waals surface area contributed by atoms with Gasteiger partial charge in [-0.15, -0.1) is 0 Å². The first-order valence-corrected chi connectivity index (χ1v) is 6.72. The fraction of sp³-hybridized carbons (Fsp3) is 0.571. The molecule has 0 bridgehead atoms. The third-order valence-electron chi connectivity index (χ3n) is 3.12. The highest BCUT2D eigenvalue weighted by Gasteiger charge is 2.23. The molecule has 1 aromatic carbocycles. The second-order valence-corrected chi connectivity index (χ2v) is 5.23. The third-order valence-corrected chi connectivity index (χ3v) is 3.12. The van der Waals surface area contributed by atoms with E-state index >= 15 is 0 Å². The summed E-state index contributed by atoms with van der Waals surface area (Å²) in [6, 6.07) is 3.28. The van der Waals surface area contributed by atoms with Crippen LogP contribution in [0.1, 0.15) is 38.9 Å². The van der Waals surface area contributed by atoms with Crippen molar-refractivity contribution < 1.29 is 14.4 Å². The number of benzene rings is 1. The fourth-order valence-corrected chi connectivity index (χ4v) is 1.95. The summed E-state index contributed by atoms with van der Waals surface area (Å²) in [7, 11) is 0. The number of hydrogen-bond acceptors (Lipinski definition) is 4. The predicted molar refractivity (Wildman–Crippen MR) is 74.9 cm³/mol. The van der Waals surface area contributed by atoms with Gasteiger partial charge >= 0.3 is 5.69 Å². The average molecular weight is 284 g/mol. The summed E-state index contributed by atoms with van der Waals surface area (Å²) >= 11 is 0. The van der Waals surface area contributed by atoms with Crippen molar-refractivity contribution in [2.45, 2.75) is 39.3 Å². The number of nitrogens with zero attached hydrogens (tertiary/aromatic N) is 1. The van der Waals surface area contributed by atoms with Gasteiger partial charge in [-0.2, -0.15) is 4.39 Å². The topological polar surface area (TPSA) is 75.4 Å². The Labute approximate surface area is 118 Å². The van der Waals surface area contributed by atoms with Gasteiger partial charge in [0.1, 0.15) is 0 Å². The van der Waals surface area contributed by atoms with Gasteiger partial charge in [-0.1, -0.05) is 26.8 Å². The van der Waals surface area contributed by atoms with Crippen LogP contribution in [0.2, 0.25) is 0 Å². The van der Waals surface area contributed by atoms with Crippen molar-refractivity contribution in [1.82, 2.24) is 5.32 Å². The number of halogens is 1. The van der Waals surface area contributed by atoms with E-state index in [1.165, 1.54) is 6.07 Å². The summed E-state index contributed by atoms with van der Waals surface area (Å²) in [6.07, 6.45) is -0.239. The molecule has 0 fully saturated rings. The third kappa shape index (κ3) is 4.25. The molecule has 1 rings (SSSR count). The van der Waals surface area contributed by atoms with Gasteiger partial charge in [-0.05, 0) is 30.5 Å². The summed E-state index contributed by atoms with van der Waals surface area (Å²) in [4.78, 5) is 9.94. The van der Waals surface area contributed by atoms with Crippen LogP contribution in [0.3, 0.4) is 0 Å². The van der Waals surface area contributed by atoms with Crippen LogP contribution in [0.25, 0.3) is 0 Å². The van der Waals surface area contributed by atoms with Crippen molar-refractivity contribution in [2.24, 2.45) is 5.92 Å². The molecule has 0 heterocycles. The minimum atomic E-state index is -0.905. The van der Waals surface area contributed by atoms with Gasteiger partial charge in [-0.3, -0.25) is 10.1 Å². The zero-order valence-corrected chi connectivity index (χ0v) is 12.0. The first-order valence-electron chi connectivity index (χ1n) is 6.72. The van der Waals surface area contributed by atoms with Crippen molar-refractivity contribution in [1.29, 1.82) is 0 Å². The largest absolute Gasteiger partial charge is 0.387 e. The predicted octanol–water partition coefficient (Wildman–Crippen LogP) is 2.79. The number of nitrogens with one attached hydrogen (secondary N) is 1. The molecule has 0 aliphatic rings. The van der Waals surface area contributed by atoms with Crippen LogP contribution in [-0.2, 0) is 0 Å². The quantitative estimate of drug-likeness (QED) is 0.596. The second-order valence-electron chi connectivity index (χ2n) is 5.23. The maximum Gasteiger partial charge on any atom is 0.305 e. The number of aliphatic hydroxyl groups excluding tert-OH is 1. The fourth-order valence-electron chi connectivity index (χ4n) is 1.95. The van der Waals surface area contributed by atoms with Crippen molar-refractivity contribution in [2.75, 3.05) is 6.54 Å². The first kappa shape index (κ1) is 16.5. The molecule has 20 heavy (non-hydrogen) atoms. The summed E-state index contributed by atoms with van der Waals surface area (Å²) in [5.41, 5.74) is -0.263. The summed E-state index contributed by atoms with van der Waals surface area (Å²) in [5.74, 6) is -0.465. The molecule has 0 aromatic heterocycles. The molecule has 0 spiro atoms. The molecule has 2 unspecified atom stereocenters. The molecule has 2 atom stereocenters. The summed E-state index contributed by atoms with van der Waals surface area (Å²) < 4.78 is 13.3. The molecular formula is C14H21FN2O3. The van der Waals surface area contributed by atoms with Crippen molar-refractivity contribution in [3.8, 4) is 0 Å². The van der Waals surface area contributed by atoms with E-state index in [-0.39, 0.29) is 6.04 Å². The lowest BCUT2D eigenvalue weighted by atomic mass is 9.99. The molecule has 0 saturated heterocycles. The molecule has 0 aliphatic heterocycles. The Balaban J connectivity index is 2.91. The van der Waals surface area contributed by atoms with Crippen molar-refractivity contribution >= 4 is 5.69 Å². The van der Waals surface area contributed by atoms with E-state index in [0.29, 0.717) is 17.9 Å². The molecule has 5 nitrogen and oxygen atoms in total. The van der Waals surface area contributed by atoms with E-state index in [4.69, 9.17) is 0 Å². The minimum Gasteiger partial charge on any atom is -0.387 e. The van der Waals surface area contributed by atoms with E-state index in [1.807, 2.05) is 6.92 Å². The lowest BCUT2D eigenvalue weighted by Gasteiger charge is -2.24. The lowest BCUT2D eigenvalue weighted by Crippen LogP contribution is -2.36. The molecular weight excluding hydrogens is 263 g/mol. The van der Waals surface area contributed by atoms with Gasteiger partial charge in [-0.25, -0.2) is 0 Å². The van der Waals surface area contributed by atoms with Gasteiger partial charge in [0.2, 0.25) is 5.82 Å². The van der Waals surface area contributed by atoms with E-state index in [2.05, 4.69) is 19.2 Å². The van der Waals surface area contributed by atoms with Gasteiger partial charge in [0.05, 0.1) is 11.0 Å². The molecule has 112 valence electrons. The SMILES string of the molecule is CCC(NCC(C)C)C(O)c1ccc(F)c([N+](=O)[O-])c1. The molecule has 6 heteroatoms. The zero-order valence-electron chi connectivity index (χ0n) is 12.0. The number of rotatable bonds is 7. The van der Waals surface area contributed by atoms with Crippen molar-refractivity contribution in [3.05, 3.63) is 39.7 Å². The van der Waals surface area contributed by atoms with E-state index in [1.54, 1.807) is 0 Å². The van der Waals surface area contributed by atoms with Crippen LogP contribution in [-0.4, -0.2) is 22.6 Å². The van der Waals surface area contributed by atoms with Gasteiger partial charge in [0.15, 0.2) is 0 Å². The lowest BCUT2D eigenvalue weighted by molar-refractivity contribution is -0.387. The number of hydrogen-bond donors (Lipinski definition) is 2. The molecule has 0 radical (unpaired) electrons. The summed E-state index contributed by atoms with van der Waals surface area (Å²) in [5, 5.41) is 24.2. The van der Waals surface area contributed by atoms with Crippen LogP contribution in [0.5, 0.6) is 0 Å². The number of nitro benzene ring substituents is 1. The molecule has 2 N–H and O–H groups in total. The molecule has 0 amide bonds. The Kier molecular flexibility index (Phi) is 6.04. The van der Waals surface area contributed by atoms with Gasteiger partial charge in [0.25, 0.3) is 0 Å². The molecule has 1 aromatic rings. The van der Waals surface area contributed by atoms with Gasteiger partial charge < -0.3 is 10.4 Å². The summed E-state index contributed by atoms with van der Waals surface area (Å²) in [6.45, 7) is 6.75.